The van der Waals surface area contributed by atoms with Gasteiger partial charge in [0.25, 0.3) is 0 Å². The van der Waals surface area contributed by atoms with E-state index < -0.39 is 0 Å². The van der Waals surface area contributed by atoms with Crippen LogP contribution in [0.1, 0.15) is 44.0 Å². The van der Waals surface area contributed by atoms with Crippen LogP contribution in [0.25, 0.3) is 0 Å². The summed E-state index contributed by atoms with van der Waals surface area (Å²) in [5.74, 6) is 0. The third-order valence-corrected chi connectivity index (χ3v) is 5.22. The lowest BCUT2D eigenvalue weighted by Crippen LogP contribution is -2.39. The van der Waals surface area contributed by atoms with Gasteiger partial charge in [0, 0.05) is 24.5 Å². The van der Waals surface area contributed by atoms with Crippen molar-refractivity contribution in [2.45, 2.75) is 64.0 Å². The van der Waals surface area contributed by atoms with Crippen molar-refractivity contribution in [3.63, 3.8) is 0 Å². The van der Waals surface area contributed by atoms with Crippen LogP contribution in [0.4, 0.5) is 0 Å². The van der Waals surface area contributed by atoms with E-state index in [1.165, 1.54) is 25.0 Å². The van der Waals surface area contributed by atoms with E-state index in [4.69, 9.17) is 11.6 Å². The average Bonchev–Trinajstić information content (AvgIpc) is 2.65. The van der Waals surface area contributed by atoms with E-state index in [0.29, 0.717) is 6.04 Å². The number of aromatic nitrogens is 2. The minimum Gasteiger partial charge on any atom is -0.307 e. The topological polar surface area (TPSA) is 29.9 Å². The molecule has 0 aromatic carbocycles. The molecule has 1 aliphatic carbocycles. The van der Waals surface area contributed by atoms with E-state index in [9.17, 15) is 0 Å². The van der Waals surface area contributed by atoms with Crippen molar-refractivity contribution in [2.75, 3.05) is 0 Å². The Kier molecular flexibility index (Phi) is 5.10. The van der Waals surface area contributed by atoms with Crippen molar-refractivity contribution >= 4 is 27.5 Å². The highest BCUT2D eigenvalue weighted by Crippen LogP contribution is 2.25. The number of alkyl halides is 1. The Hall–Kier alpha value is -0.0600. The van der Waals surface area contributed by atoms with Crippen LogP contribution in [0.3, 0.4) is 0 Å². The maximum absolute atomic E-state index is 6.37. The summed E-state index contributed by atoms with van der Waals surface area (Å²) in [6, 6.07) is 0.438. The highest BCUT2D eigenvalue weighted by molar-refractivity contribution is 9.10. The van der Waals surface area contributed by atoms with Crippen LogP contribution in [0.2, 0.25) is 0 Å². The second kappa shape index (κ2) is 6.40. The Bertz CT molecular complexity index is 405. The molecule has 1 N–H and O–H groups in total. The molecular weight excluding hydrogens is 314 g/mol. The molecule has 2 unspecified atom stereocenters. The number of hydrogen-bond donors (Lipinski definition) is 1. The first-order valence-electron chi connectivity index (χ1n) is 6.72. The maximum Gasteiger partial charge on any atom is 0.0739 e. The van der Waals surface area contributed by atoms with E-state index >= 15 is 0 Å². The van der Waals surface area contributed by atoms with Crippen molar-refractivity contribution in [1.82, 2.24) is 15.1 Å². The molecule has 2 rings (SSSR count). The molecule has 0 amide bonds. The third kappa shape index (κ3) is 3.09. The van der Waals surface area contributed by atoms with Gasteiger partial charge in [0.05, 0.1) is 15.9 Å². The Labute approximate surface area is 122 Å². The fourth-order valence-corrected chi connectivity index (χ4v) is 3.37. The number of hydrogen-bond acceptors (Lipinski definition) is 2. The van der Waals surface area contributed by atoms with E-state index in [0.717, 1.165) is 29.7 Å². The largest absolute Gasteiger partial charge is 0.307 e. The van der Waals surface area contributed by atoms with E-state index in [1.807, 2.05) is 6.92 Å². The van der Waals surface area contributed by atoms with Gasteiger partial charge in [-0.3, -0.25) is 4.68 Å². The molecule has 3 nitrogen and oxygen atoms in total. The minimum absolute atomic E-state index is 0.275. The van der Waals surface area contributed by atoms with Gasteiger partial charge >= 0.3 is 0 Å². The Balaban J connectivity index is 2.01. The summed E-state index contributed by atoms with van der Waals surface area (Å²) in [4.78, 5) is 0. The van der Waals surface area contributed by atoms with E-state index in [2.05, 4.69) is 38.0 Å². The van der Waals surface area contributed by atoms with Crippen LogP contribution < -0.4 is 5.32 Å². The standard InChI is InChI=1S/C13H21BrClN3/c1-3-18-12(13(14)9(2)17-18)8-16-11-7-5-4-6-10(11)15/h10-11,16H,3-8H2,1-2H3. The summed E-state index contributed by atoms with van der Waals surface area (Å²) < 4.78 is 3.18. The molecule has 0 bridgehead atoms. The van der Waals surface area contributed by atoms with Crippen molar-refractivity contribution in [1.29, 1.82) is 0 Å². The van der Waals surface area contributed by atoms with E-state index in [1.54, 1.807) is 0 Å². The van der Waals surface area contributed by atoms with Gasteiger partial charge in [-0.05, 0) is 42.6 Å². The van der Waals surface area contributed by atoms with Gasteiger partial charge in [-0.2, -0.15) is 5.10 Å². The first kappa shape index (κ1) is 14.4. The zero-order chi connectivity index (χ0) is 13.1. The zero-order valence-corrected chi connectivity index (χ0v) is 13.4. The Morgan fingerprint density at radius 2 is 2.17 bits per heavy atom. The van der Waals surface area contributed by atoms with Crippen LogP contribution in [0, 0.1) is 6.92 Å². The van der Waals surface area contributed by atoms with Gasteiger partial charge in [-0.1, -0.05) is 12.8 Å². The minimum atomic E-state index is 0.275. The molecule has 0 aliphatic heterocycles. The molecule has 0 radical (unpaired) electrons. The SMILES string of the molecule is CCn1nc(C)c(Br)c1CNC1CCCCC1Cl. The number of aryl methyl sites for hydroxylation is 2. The highest BCUT2D eigenvalue weighted by Gasteiger charge is 2.23. The quantitative estimate of drug-likeness (QED) is 0.852. The second-order valence-electron chi connectivity index (χ2n) is 4.95. The van der Waals surface area contributed by atoms with Gasteiger partial charge in [0.15, 0.2) is 0 Å². The van der Waals surface area contributed by atoms with Crippen LogP contribution in [-0.2, 0) is 13.1 Å². The van der Waals surface area contributed by atoms with Crippen LogP contribution in [-0.4, -0.2) is 21.2 Å². The molecule has 1 saturated carbocycles. The fraction of sp³-hybridized carbons (Fsp3) is 0.769. The van der Waals surface area contributed by atoms with Crippen LogP contribution in [0.5, 0.6) is 0 Å². The van der Waals surface area contributed by atoms with Gasteiger partial charge in [-0.15, -0.1) is 11.6 Å². The molecular formula is C13H21BrClN3. The smallest absolute Gasteiger partial charge is 0.0739 e. The predicted molar refractivity (Wildman–Crippen MR) is 79.1 cm³/mol. The maximum atomic E-state index is 6.37. The Morgan fingerprint density at radius 1 is 1.44 bits per heavy atom. The number of nitrogens with one attached hydrogen (secondary N) is 1. The molecule has 1 aliphatic rings. The summed E-state index contributed by atoms with van der Waals surface area (Å²) >= 11 is 10.00. The number of halogens is 2. The van der Waals surface area contributed by atoms with Crippen molar-refractivity contribution < 1.29 is 0 Å². The van der Waals surface area contributed by atoms with Gasteiger partial charge < -0.3 is 5.32 Å². The monoisotopic (exact) mass is 333 g/mol. The summed E-state index contributed by atoms with van der Waals surface area (Å²) in [7, 11) is 0. The van der Waals surface area contributed by atoms with Crippen molar-refractivity contribution in [3.05, 3.63) is 15.9 Å². The molecule has 2 atom stereocenters. The highest BCUT2D eigenvalue weighted by atomic mass is 79.9. The molecule has 0 saturated heterocycles. The molecule has 1 aromatic heterocycles. The summed E-state index contributed by atoms with van der Waals surface area (Å²) in [6.07, 6.45) is 4.87. The predicted octanol–water partition coefficient (Wildman–Crippen LogP) is 3.61. The Morgan fingerprint density at radius 3 is 2.83 bits per heavy atom. The van der Waals surface area contributed by atoms with Gasteiger partial charge in [-0.25, -0.2) is 0 Å². The third-order valence-electron chi connectivity index (χ3n) is 3.67. The number of nitrogens with zero attached hydrogens (tertiary/aromatic N) is 2. The molecule has 1 fully saturated rings. The first-order valence-corrected chi connectivity index (χ1v) is 7.95. The molecule has 102 valence electrons. The summed E-state index contributed by atoms with van der Waals surface area (Å²) in [6.45, 7) is 5.89. The molecule has 1 heterocycles. The lowest BCUT2D eigenvalue weighted by Gasteiger charge is -2.28. The van der Waals surface area contributed by atoms with Crippen molar-refractivity contribution in [3.8, 4) is 0 Å². The van der Waals surface area contributed by atoms with Crippen LogP contribution >= 0.6 is 27.5 Å². The summed E-state index contributed by atoms with van der Waals surface area (Å²) in [5, 5.41) is 8.38. The molecule has 5 heteroatoms. The number of rotatable bonds is 4. The zero-order valence-electron chi connectivity index (χ0n) is 11.0. The average molecular weight is 335 g/mol. The first-order chi connectivity index (χ1) is 8.63. The van der Waals surface area contributed by atoms with Crippen molar-refractivity contribution in [2.24, 2.45) is 0 Å². The second-order valence-corrected chi connectivity index (χ2v) is 6.30. The molecule has 1 aromatic rings. The lowest BCUT2D eigenvalue weighted by atomic mass is 9.95. The van der Waals surface area contributed by atoms with Gasteiger partial charge in [0.1, 0.15) is 0 Å². The normalized spacial score (nSPS) is 24.4. The molecule has 0 spiro atoms. The van der Waals surface area contributed by atoms with Crippen LogP contribution in [0.15, 0.2) is 4.47 Å². The summed E-state index contributed by atoms with van der Waals surface area (Å²) in [5.41, 5.74) is 2.28. The molecule has 18 heavy (non-hydrogen) atoms. The van der Waals surface area contributed by atoms with E-state index in [-0.39, 0.29) is 5.38 Å². The van der Waals surface area contributed by atoms with Gasteiger partial charge in [0.2, 0.25) is 0 Å². The fourth-order valence-electron chi connectivity index (χ4n) is 2.58. The lowest BCUT2D eigenvalue weighted by molar-refractivity contribution is 0.373.